The lowest BCUT2D eigenvalue weighted by Crippen LogP contribution is -2.03. The average Bonchev–Trinajstić information content (AvgIpc) is 2.17. The predicted octanol–water partition coefficient (Wildman–Crippen LogP) is 4.19. The standard InChI is InChI=1S/C12H21BrO2/c1-3-5-6-7-8-9-11(13)10-12(14)15-4-2/h9H,3-8,10H2,1-2H3/b11-9+. The number of carbonyl (C=O) groups is 1. The zero-order valence-corrected chi connectivity index (χ0v) is 11.3. The molecule has 0 aromatic carbocycles. The van der Waals surface area contributed by atoms with Crippen molar-refractivity contribution in [3.05, 3.63) is 10.6 Å². The van der Waals surface area contributed by atoms with E-state index >= 15 is 0 Å². The van der Waals surface area contributed by atoms with E-state index in [2.05, 4.69) is 28.9 Å². The second kappa shape index (κ2) is 10.2. The van der Waals surface area contributed by atoms with Gasteiger partial charge in [-0.1, -0.05) is 48.2 Å². The van der Waals surface area contributed by atoms with Gasteiger partial charge in [0.1, 0.15) is 0 Å². The number of carbonyl (C=O) groups excluding carboxylic acids is 1. The number of halogens is 1. The van der Waals surface area contributed by atoms with Crippen molar-refractivity contribution in [2.75, 3.05) is 6.61 Å². The van der Waals surface area contributed by atoms with Gasteiger partial charge < -0.3 is 4.74 Å². The average molecular weight is 277 g/mol. The lowest BCUT2D eigenvalue weighted by molar-refractivity contribution is -0.142. The largest absolute Gasteiger partial charge is 0.466 e. The second-order valence-corrected chi connectivity index (χ2v) is 4.50. The van der Waals surface area contributed by atoms with E-state index in [0.29, 0.717) is 13.0 Å². The van der Waals surface area contributed by atoms with Crippen LogP contribution in [-0.4, -0.2) is 12.6 Å². The van der Waals surface area contributed by atoms with E-state index in [4.69, 9.17) is 4.74 Å². The Morgan fingerprint density at radius 2 is 2.00 bits per heavy atom. The number of unbranched alkanes of at least 4 members (excludes halogenated alkanes) is 4. The molecule has 0 atom stereocenters. The van der Waals surface area contributed by atoms with Crippen LogP contribution in [0.25, 0.3) is 0 Å². The highest BCUT2D eigenvalue weighted by Crippen LogP contribution is 2.14. The Bertz CT molecular complexity index is 200. The number of ether oxygens (including phenoxy) is 1. The third kappa shape index (κ3) is 9.98. The quantitative estimate of drug-likeness (QED) is 0.491. The molecule has 0 rings (SSSR count). The molecule has 88 valence electrons. The molecule has 15 heavy (non-hydrogen) atoms. The molecule has 0 heterocycles. The number of rotatable bonds is 8. The maximum atomic E-state index is 11.1. The first-order valence-corrected chi connectivity index (χ1v) is 6.50. The van der Waals surface area contributed by atoms with Gasteiger partial charge in [-0.05, 0) is 19.8 Å². The molecular weight excluding hydrogens is 256 g/mol. The molecule has 0 saturated heterocycles. The van der Waals surface area contributed by atoms with Crippen molar-refractivity contribution in [1.82, 2.24) is 0 Å². The Morgan fingerprint density at radius 1 is 1.27 bits per heavy atom. The first-order valence-electron chi connectivity index (χ1n) is 5.70. The van der Waals surface area contributed by atoms with Crippen LogP contribution < -0.4 is 0 Å². The van der Waals surface area contributed by atoms with Crippen molar-refractivity contribution >= 4 is 21.9 Å². The minimum absolute atomic E-state index is 0.158. The topological polar surface area (TPSA) is 26.3 Å². The van der Waals surface area contributed by atoms with E-state index in [1.807, 2.05) is 6.92 Å². The molecule has 0 saturated carbocycles. The highest BCUT2D eigenvalue weighted by molar-refractivity contribution is 9.11. The van der Waals surface area contributed by atoms with Gasteiger partial charge in [0.15, 0.2) is 0 Å². The van der Waals surface area contributed by atoms with Crippen LogP contribution in [0.3, 0.4) is 0 Å². The second-order valence-electron chi connectivity index (χ2n) is 3.48. The molecule has 3 heteroatoms. The summed E-state index contributed by atoms with van der Waals surface area (Å²) in [4.78, 5) is 11.1. The van der Waals surface area contributed by atoms with E-state index in [-0.39, 0.29) is 5.97 Å². The monoisotopic (exact) mass is 276 g/mol. The molecular formula is C12H21BrO2. The molecule has 0 radical (unpaired) electrons. The fourth-order valence-electron chi connectivity index (χ4n) is 1.25. The smallest absolute Gasteiger partial charge is 0.310 e. The molecule has 0 amide bonds. The molecule has 2 nitrogen and oxygen atoms in total. The van der Waals surface area contributed by atoms with Crippen LogP contribution in [0.15, 0.2) is 10.6 Å². The van der Waals surface area contributed by atoms with E-state index in [1.54, 1.807) is 0 Å². The summed E-state index contributed by atoms with van der Waals surface area (Å²) >= 11 is 3.38. The summed E-state index contributed by atoms with van der Waals surface area (Å²) in [5, 5.41) is 0. The summed E-state index contributed by atoms with van der Waals surface area (Å²) in [5.74, 6) is -0.158. The summed E-state index contributed by atoms with van der Waals surface area (Å²) in [6.45, 7) is 4.47. The Hall–Kier alpha value is -0.310. The van der Waals surface area contributed by atoms with Crippen LogP contribution in [0.4, 0.5) is 0 Å². The van der Waals surface area contributed by atoms with Gasteiger partial charge in [0.2, 0.25) is 0 Å². The highest BCUT2D eigenvalue weighted by atomic mass is 79.9. The summed E-state index contributed by atoms with van der Waals surface area (Å²) in [6.07, 6.45) is 8.50. The third-order valence-corrected chi connectivity index (χ3v) is 2.65. The van der Waals surface area contributed by atoms with Crippen molar-refractivity contribution in [2.45, 2.75) is 52.4 Å². The van der Waals surface area contributed by atoms with Crippen molar-refractivity contribution < 1.29 is 9.53 Å². The van der Waals surface area contributed by atoms with Crippen molar-refractivity contribution in [1.29, 1.82) is 0 Å². The van der Waals surface area contributed by atoms with E-state index in [9.17, 15) is 4.79 Å². The summed E-state index contributed by atoms with van der Waals surface area (Å²) in [7, 11) is 0. The van der Waals surface area contributed by atoms with Gasteiger partial charge >= 0.3 is 5.97 Å². The summed E-state index contributed by atoms with van der Waals surface area (Å²) in [6, 6.07) is 0. The van der Waals surface area contributed by atoms with Gasteiger partial charge in [-0.25, -0.2) is 0 Å². The third-order valence-electron chi connectivity index (χ3n) is 2.04. The van der Waals surface area contributed by atoms with E-state index in [1.165, 1.54) is 25.7 Å². The van der Waals surface area contributed by atoms with Crippen LogP contribution in [0.1, 0.15) is 52.4 Å². The van der Waals surface area contributed by atoms with Crippen molar-refractivity contribution in [3.63, 3.8) is 0 Å². The first-order chi connectivity index (χ1) is 7.20. The SMILES string of the molecule is CCCCCC/C=C(/Br)CC(=O)OCC. The molecule has 0 aliphatic rings. The zero-order valence-electron chi connectivity index (χ0n) is 9.72. The van der Waals surface area contributed by atoms with E-state index in [0.717, 1.165) is 10.9 Å². The molecule has 0 N–H and O–H groups in total. The molecule has 0 aromatic rings. The van der Waals surface area contributed by atoms with Crippen molar-refractivity contribution in [2.24, 2.45) is 0 Å². The maximum absolute atomic E-state index is 11.1. The van der Waals surface area contributed by atoms with Gasteiger partial charge in [0.05, 0.1) is 13.0 Å². The Kier molecular flexibility index (Phi) is 10.0. The molecule has 0 aromatic heterocycles. The minimum atomic E-state index is -0.158. The Balaban J connectivity index is 3.55. The lowest BCUT2D eigenvalue weighted by Gasteiger charge is -2.00. The van der Waals surface area contributed by atoms with Crippen LogP contribution >= 0.6 is 15.9 Å². The molecule has 0 fully saturated rings. The fraction of sp³-hybridized carbons (Fsp3) is 0.750. The number of allylic oxidation sites excluding steroid dienone is 1. The Morgan fingerprint density at radius 3 is 2.60 bits per heavy atom. The highest BCUT2D eigenvalue weighted by Gasteiger charge is 2.02. The van der Waals surface area contributed by atoms with Gasteiger partial charge in [-0.3, -0.25) is 4.79 Å². The van der Waals surface area contributed by atoms with Gasteiger partial charge in [-0.2, -0.15) is 0 Å². The lowest BCUT2D eigenvalue weighted by atomic mass is 10.1. The molecule has 0 unspecified atom stereocenters. The van der Waals surface area contributed by atoms with Crippen LogP contribution in [-0.2, 0) is 9.53 Å². The number of esters is 1. The minimum Gasteiger partial charge on any atom is -0.466 e. The number of hydrogen-bond donors (Lipinski definition) is 0. The fourth-order valence-corrected chi connectivity index (χ4v) is 1.71. The van der Waals surface area contributed by atoms with Crippen LogP contribution in [0, 0.1) is 0 Å². The predicted molar refractivity (Wildman–Crippen MR) is 67.0 cm³/mol. The molecule has 0 aliphatic carbocycles. The molecule has 0 spiro atoms. The maximum Gasteiger partial charge on any atom is 0.310 e. The van der Waals surface area contributed by atoms with Crippen LogP contribution in [0.2, 0.25) is 0 Å². The zero-order chi connectivity index (χ0) is 11.5. The van der Waals surface area contributed by atoms with Crippen molar-refractivity contribution in [3.8, 4) is 0 Å². The molecule has 0 bridgehead atoms. The van der Waals surface area contributed by atoms with E-state index < -0.39 is 0 Å². The van der Waals surface area contributed by atoms with Crippen LogP contribution in [0.5, 0.6) is 0 Å². The summed E-state index contributed by atoms with van der Waals surface area (Å²) in [5.41, 5.74) is 0. The van der Waals surface area contributed by atoms with Gasteiger partial charge in [0, 0.05) is 4.48 Å². The number of hydrogen-bond acceptors (Lipinski definition) is 2. The first kappa shape index (κ1) is 14.7. The Labute approximate surface area is 101 Å². The normalized spacial score (nSPS) is 11.5. The van der Waals surface area contributed by atoms with Gasteiger partial charge in [-0.15, -0.1) is 0 Å². The van der Waals surface area contributed by atoms with Gasteiger partial charge in [0.25, 0.3) is 0 Å². The summed E-state index contributed by atoms with van der Waals surface area (Å²) < 4.78 is 5.79. The molecule has 0 aliphatic heterocycles.